The number of rotatable bonds is 6. The molecule has 0 amide bonds. The zero-order chi connectivity index (χ0) is 22.8. The molecule has 1 fully saturated rings. The normalized spacial score (nSPS) is 16.0. The van der Waals surface area contributed by atoms with Crippen LogP contribution in [-0.2, 0) is 6.42 Å². The van der Waals surface area contributed by atoms with Crippen LogP contribution in [0.5, 0.6) is 0 Å². The van der Waals surface area contributed by atoms with Gasteiger partial charge >= 0.3 is 0 Å². The van der Waals surface area contributed by atoms with Gasteiger partial charge in [-0.15, -0.1) is 10.2 Å². The van der Waals surface area contributed by atoms with Gasteiger partial charge in [0.15, 0.2) is 0 Å². The zero-order valence-electron chi connectivity index (χ0n) is 18.9. The van der Waals surface area contributed by atoms with E-state index in [1.807, 2.05) is 36.4 Å². The smallest absolute Gasteiger partial charge is 0.247 e. The van der Waals surface area contributed by atoms with Gasteiger partial charge in [-0.1, -0.05) is 36.4 Å². The van der Waals surface area contributed by atoms with Gasteiger partial charge in [0.05, 0.1) is 6.42 Å². The van der Waals surface area contributed by atoms with Crippen LogP contribution in [0.3, 0.4) is 0 Å². The predicted octanol–water partition coefficient (Wildman–Crippen LogP) is 5.27. The van der Waals surface area contributed by atoms with E-state index in [1.165, 1.54) is 24.2 Å². The molecule has 0 saturated carbocycles. The molecule has 5 nitrogen and oxygen atoms in total. The van der Waals surface area contributed by atoms with Gasteiger partial charge in [0.25, 0.3) is 0 Å². The summed E-state index contributed by atoms with van der Waals surface area (Å²) in [6.07, 6.45) is 1.75. The molecule has 1 aromatic heterocycles. The van der Waals surface area contributed by atoms with E-state index in [4.69, 9.17) is 4.42 Å². The minimum absolute atomic E-state index is 0.230. The Labute approximate surface area is 193 Å². The molecule has 168 valence electrons. The highest BCUT2D eigenvalue weighted by molar-refractivity contribution is 5.63. The second-order valence-electron chi connectivity index (χ2n) is 8.78. The first-order valence-corrected chi connectivity index (χ1v) is 11.2. The summed E-state index contributed by atoms with van der Waals surface area (Å²) in [5, 5.41) is 8.48. The second-order valence-corrected chi connectivity index (χ2v) is 8.78. The van der Waals surface area contributed by atoms with Crippen molar-refractivity contribution < 1.29 is 8.81 Å². The zero-order valence-corrected chi connectivity index (χ0v) is 18.9. The summed E-state index contributed by atoms with van der Waals surface area (Å²) in [5.41, 5.74) is 5.25. The summed E-state index contributed by atoms with van der Waals surface area (Å²) in [6, 6.07) is 23.6. The van der Waals surface area contributed by atoms with E-state index in [-0.39, 0.29) is 5.82 Å². The molecule has 0 radical (unpaired) electrons. The Bertz CT molecular complexity index is 1200. The van der Waals surface area contributed by atoms with E-state index in [0.717, 1.165) is 35.3 Å². The molecule has 5 rings (SSSR count). The van der Waals surface area contributed by atoms with Gasteiger partial charge < -0.3 is 14.2 Å². The first kappa shape index (κ1) is 21.3. The van der Waals surface area contributed by atoms with Crippen molar-refractivity contribution in [3.63, 3.8) is 0 Å². The molecule has 4 aromatic rings. The van der Waals surface area contributed by atoms with Crippen molar-refractivity contribution in [3.05, 3.63) is 90.1 Å². The number of benzene rings is 3. The minimum atomic E-state index is -0.230. The average molecular weight is 443 g/mol. The quantitative estimate of drug-likeness (QED) is 0.407. The summed E-state index contributed by atoms with van der Waals surface area (Å²) in [5.74, 6) is 0.885. The lowest BCUT2D eigenvalue weighted by molar-refractivity contribution is 0.315. The average Bonchev–Trinajstić information content (AvgIpc) is 3.51. The molecule has 1 saturated heterocycles. The number of likely N-dealkylation sites (N-methyl/N-ethyl adjacent to an activating group) is 1. The maximum absolute atomic E-state index is 13.1. The number of hydrogen-bond donors (Lipinski definition) is 0. The Kier molecular flexibility index (Phi) is 5.92. The van der Waals surface area contributed by atoms with Crippen LogP contribution in [0.15, 0.2) is 77.2 Å². The molecule has 0 N–H and O–H groups in total. The number of aromatic nitrogens is 2. The Morgan fingerprint density at radius 2 is 1.52 bits per heavy atom. The summed E-state index contributed by atoms with van der Waals surface area (Å²) in [7, 11) is 4.29. The van der Waals surface area contributed by atoms with Gasteiger partial charge in [0, 0.05) is 30.4 Å². The molecule has 1 aliphatic rings. The maximum Gasteiger partial charge on any atom is 0.247 e. The first-order valence-electron chi connectivity index (χ1n) is 11.2. The topological polar surface area (TPSA) is 45.4 Å². The van der Waals surface area contributed by atoms with E-state index in [1.54, 1.807) is 12.1 Å². The third kappa shape index (κ3) is 4.81. The second kappa shape index (κ2) is 9.16. The fourth-order valence-corrected chi connectivity index (χ4v) is 4.29. The van der Waals surface area contributed by atoms with Crippen molar-refractivity contribution in [2.75, 3.05) is 32.1 Å². The van der Waals surface area contributed by atoms with Gasteiger partial charge in [-0.2, -0.15) is 0 Å². The van der Waals surface area contributed by atoms with Gasteiger partial charge in [-0.3, -0.25) is 0 Å². The van der Waals surface area contributed by atoms with Crippen LogP contribution in [0, 0.1) is 5.82 Å². The molecule has 6 heteroatoms. The van der Waals surface area contributed by atoms with Crippen LogP contribution in [-0.4, -0.2) is 48.3 Å². The van der Waals surface area contributed by atoms with Crippen LogP contribution in [0.1, 0.15) is 17.9 Å². The highest BCUT2D eigenvalue weighted by atomic mass is 19.1. The third-order valence-corrected chi connectivity index (χ3v) is 6.33. The van der Waals surface area contributed by atoms with Crippen molar-refractivity contribution in [2.45, 2.75) is 18.9 Å². The molecule has 0 spiro atoms. The molecule has 1 atom stereocenters. The first-order chi connectivity index (χ1) is 16.0. The molecule has 0 bridgehead atoms. The number of hydrogen-bond acceptors (Lipinski definition) is 5. The SMILES string of the molecule is CN(C)C1CCN(c2ccc(-c3nnc(Cc4ccc(-c5ccc(F)cc5)cc4)o3)cc2)C1. The monoisotopic (exact) mass is 442 g/mol. The molecule has 1 unspecified atom stereocenters. The van der Waals surface area contributed by atoms with Crippen molar-refractivity contribution in [3.8, 4) is 22.6 Å². The number of halogens is 1. The van der Waals surface area contributed by atoms with Crippen LogP contribution in [0.4, 0.5) is 10.1 Å². The summed E-state index contributed by atoms with van der Waals surface area (Å²) >= 11 is 0. The molecular formula is C27H27FN4O. The molecule has 33 heavy (non-hydrogen) atoms. The number of nitrogens with zero attached hydrogens (tertiary/aromatic N) is 4. The van der Waals surface area contributed by atoms with Gasteiger partial charge in [0.1, 0.15) is 5.82 Å². The molecule has 0 aliphatic carbocycles. The fraction of sp³-hybridized carbons (Fsp3) is 0.259. The summed E-state index contributed by atoms with van der Waals surface area (Å²) in [6.45, 7) is 2.13. The van der Waals surface area contributed by atoms with Crippen LogP contribution in [0.25, 0.3) is 22.6 Å². The van der Waals surface area contributed by atoms with E-state index in [2.05, 4.69) is 46.2 Å². The van der Waals surface area contributed by atoms with E-state index in [0.29, 0.717) is 24.2 Å². The van der Waals surface area contributed by atoms with Crippen molar-refractivity contribution in [1.82, 2.24) is 15.1 Å². The van der Waals surface area contributed by atoms with Crippen LogP contribution < -0.4 is 4.90 Å². The third-order valence-electron chi connectivity index (χ3n) is 6.33. The lowest BCUT2D eigenvalue weighted by atomic mass is 10.0. The summed E-state index contributed by atoms with van der Waals surface area (Å²) in [4.78, 5) is 4.72. The Morgan fingerprint density at radius 1 is 0.879 bits per heavy atom. The molecule has 2 heterocycles. The largest absolute Gasteiger partial charge is 0.420 e. The minimum Gasteiger partial charge on any atom is -0.420 e. The highest BCUT2D eigenvalue weighted by Crippen LogP contribution is 2.26. The maximum atomic E-state index is 13.1. The summed E-state index contributed by atoms with van der Waals surface area (Å²) < 4.78 is 19.1. The Morgan fingerprint density at radius 3 is 2.15 bits per heavy atom. The van der Waals surface area contributed by atoms with E-state index in [9.17, 15) is 4.39 Å². The molecular weight excluding hydrogens is 415 g/mol. The standard InChI is InChI=1S/C27H27FN4O/c1-31(2)25-15-16-32(18-25)24-13-9-22(10-14-24)27-30-29-26(33-27)17-19-3-5-20(6-4-19)21-7-11-23(28)12-8-21/h3-14,25H,15-18H2,1-2H3. The lowest BCUT2D eigenvalue weighted by Crippen LogP contribution is -2.31. The Balaban J connectivity index is 1.23. The van der Waals surface area contributed by atoms with Gasteiger partial charge in [0.2, 0.25) is 11.8 Å². The van der Waals surface area contributed by atoms with Crippen molar-refractivity contribution in [1.29, 1.82) is 0 Å². The van der Waals surface area contributed by atoms with Crippen LogP contribution >= 0.6 is 0 Å². The Hall–Kier alpha value is -3.51. The fourth-order valence-electron chi connectivity index (χ4n) is 4.29. The highest BCUT2D eigenvalue weighted by Gasteiger charge is 2.24. The van der Waals surface area contributed by atoms with Gasteiger partial charge in [-0.25, -0.2) is 4.39 Å². The van der Waals surface area contributed by atoms with Crippen molar-refractivity contribution in [2.24, 2.45) is 0 Å². The van der Waals surface area contributed by atoms with Gasteiger partial charge in [-0.05, 0) is 73.6 Å². The van der Waals surface area contributed by atoms with E-state index >= 15 is 0 Å². The molecule has 1 aliphatic heterocycles. The van der Waals surface area contributed by atoms with E-state index < -0.39 is 0 Å². The lowest BCUT2D eigenvalue weighted by Gasteiger charge is -2.21. The van der Waals surface area contributed by atoms with Crippen LogP contribution in [0.2, 0.25) is 0 Å². The predicted molar refractivity (Wildman–Crippen MR) is 129 cm³/mol. The molecule has 3 aromatic carbocycles. The number of anilines is 1. The van der Waals surface area contributed by atoms with Crippen molar-refractivity contribution >= 4 is 5.69 Å².